The fourth-order valence-corrected chi connectivity index (χ4v) is 0.650. The van der Waals surface area contributed by atoms with Crippen LogP contribution in [-0.4, -0.2) is 41.4 Å². The molecule has 0 aliphatic heterocycles. The zero-order valence-electron chi connectivity index (χ0n) is 6.67. The third-order valence-electron chi connectivity index (χ3n) is 0.912. The summed E-state index contributed by atoms with van der Waals surface area (Å²) in [6, 6.07) is 0. The fourth-order valence-electron chi connectivity index (χ4n) is 0.427. The standard InChI is InChI=1S/C6H10O5S2/c7-1-2-10-6(13)5(9)11-4(8)3-12/h6-7,12-13H,1-3H2. The van der Waals surface area contributed by atoms with E-state index in [1.54, 1.807) is 0 Å². The van der Waals surface area contributed by atoms with E-state index in [1.807, 2.05) is 0 Å². The van der Waals surface area contributed by atoms with Crippen LogP contribution in [0.3, 0.4) is 0 Å². The summed E-state index contributed by atoms with van der Waals surface area (Å²) >= 11 is 7.28. The summed E-state index contributed by atoms with van der Waals surface area (Å²) in [5.74, 6) is -1.86. The molecule has 0 aromatic rings. The second-order valence-corrected chi connectivity index (χ2v) is 2.68. The first-order chi connectivity index (χ1) is 6.11. The second kappa shape index (κ2) is 7.19. The minimum atomic E-state index is -1.16. The van der Waals surface area contributed by atoms with Gasteiger partial charge >= 0.3 is 11.9 Å². The van der Waals surface area contributed by atoms with E-state index in [0.717, 1.165) is 0 Å². The molecule has 0 saturated carbocycles. The molecule has 7 heteroatoms. The lowest BCUT2D eigenvalue weighted by molar-refractivity contribution is -0.162. The Labute approximate surface area is 86.2 Å². The number of thiol groups is 2. The molecule has 0 amide bonds. The lowest BCUT2D eigenvalue weighted by Crippen LogP contribution is -2.25. The number of aliphatic hydroxyl groups is 1. The Balaban J connectivity index is 3.75. The zero-order valence-corrected chi connectivity index (χ0v) is 8.46. The minimum Gasteiger partial charge on any atom is -0.394 e. The normalized spacial score (nSPS) is 12.2. The van der Waals surface area contributed by atoms with Gasteiger partial charge < -0.3 is 14.6 Å². The average Bonchev–Trinajstić information content (AvgIpc) is 2.13. The van der Waals surface area contributed by atoms with Crippen LogP contribution in [0.4, 0.5) is 0 Å². The van der Waals surface area contributed by atoms with E-state index in [9.17, 15) is 9.59 Å². The van der Waals surface area contributed by atoms with Crippen molar-refractivity contribution in [2.24, 2.45) is 0 Å². The highest BCUT2D eigenvalue weighted by Crippen LogP contribution is 2.00. The van der Waals surface area contributed by atoms with Gasteiger partial charge in [0.2, 0.25) is 0 Å². The van der Waals surface area contributed by atoms with Crippen molar-refractivity contribution in [2.45, 2.75) is 5.44 Å². The van der Waals surface area contributed by atoms with Gasteiger partial charge in [-0.25, -0.2) is 4.79 Å². The van der Waals surface area contributed by atoms with Gasteiger partial charge in [-0.1, -0.05) is 0 Å². The average molecular weight is 226 g/mol. The molecule has 0 fully saturated rings. The van der Waals surface area contributed by atoms with Crippen molar-refractivity contribution in [1.29, 1.82) is 0 Å². The molecule has 1 atom stereocenters. The predicted octanol–water partition coefficient (Wildman–Crippen LogP) is -0.749. The largest absolute Gasteiger partial charge is 0.394 e. The first kappa shape index (κ1) is 12.8. The van der Waals surface area contributed by atoms with Gasteiger partial charge in [0, 0.05) is 0 Å². The Morgan fingerprint density at radius 3 is 2.54 bits per heavy atom. The SMILES string of the molecule is O=C(CS)OC(=O)C(S)OCCO. The van der Waals surface area contributed by atoms with Crippen LogP contribution in [0.2, 0.25) is 0 Å². The minimum absolute atomic E-state index is 0.0433. The van der Waals surface area contributed by atoms with Crippen molar-refractivity contribution in [3.63, 3.8) is 0 Å². The quantitative estimate of drug-likeness (QED) is 0.249. The Morgan fingerprint density at radius 2 is 2.08 bits per heavy atom. The molecule has 0 heterocycles. The van der Waals surface area contributed by atoms with Crippen molar-refractivity contribution in [1.82, 2.24) is 0 Å². The number of carbonyl (C=O) groups excluding carboxylic acids is 2. The molecular formula is C6H10O5S2. The van der Waals surface area contributed by atoms with Crippen molar-refractivity contribution < 1.29 is 24.2 Å². The lowest BCUT2D eigenvalue weighted by atomic mass is 10.6. The van der Waals surface area contributed by atoms with Gasteiger partial charge in [-0.2, -0.15) is 12.6 Å². The predicted molar refractivity (Wildman–Crippen MR) is 50.8 cm³/mol. The molecule has 5 nitrogen and oxygen atoms in total. The van der Waals surface area contributed by atoms with Crippen molar-refractivity contribution in [3.05, 3.63) is 0 Å². The summed E-state index contributed by atoms with van der Waals surface area (Å²) in [6.07, 6.45) is 0. The molecule has 0 aromatic heterocycles. The topological polar surface area (TPSA) is 72.8 Å². The van der Waals surface area contributed by atoms with Crippen LogP contribution in [0.5, 0.6) is 0 Å². The van der Waals surface area contributed by atoms with Crippen LogP contribution in [0.15, 0.2) is 0 Å². The van der Waals surface area contributed by atoms with Gasteiger partial charge in [0.15, 0.2) is 5.44 Å². The highest BCUT2D eigenvalue weighted by atomic mass is 32.1. The molecule has 0 rings (SSSR count). The third-order valence-corrected chi connectivity index (χ3v) is 1.53. The lowest BCUT2D eigenvalue weighted by Gasteiger charge is -2.08. The number of esters is 2. The summed E-state index contributed by atoms with van der Waals surface area (Å²) < 4.78 is 8.88. The highest BCUT2D eigenvalue weighted by Gasteiger charge is 2.18. The molecule has 0 spiro atoms. The van der Waals surface area contributed by atoms with Crippen LogP contribution in [0.1, 0.15) is 0 Å². The maximum atomic E-state index is 10.9. The monoisotopic (exact) mass is 226 g/mol. The first-order valence-electron chi connectivity index (χ1n) is 3.37. The zero-order chi connectivity index (χ0) is 10.3. The molecule has 0 radical (unpaired) electrons. The Hall–Kier alpha value is -0.240. The highest BCUT2D eigenvalue weighted by molar-refractivity contribution is 7.81. The number of aliphatic hydroxyl groups excluding tert-OH is 1. The molecule has 0 saturated heterocycles. The third kappa shape index (κ3) is 5.92. The van der Waals surface area contributed by atoms with Crippen LogP contribution in [0.25, 0.3) is 0 Å². The molecule has 0 bridgehead atoms. The van der Waals surface area contributed by atoms with E-state index >= 15 is 0 Å². The molecule has 76 valence electrons. The van der Waals surface area contributed by atoms with Gasteiger partial charge in [-0.3, -0.25) is 4.79 Å². The molecule has 0 aliphatic rings. The Bertz CT molecular complexity index is 184. The number of hydrogen-bond donors (Lipinski definition) is 3. The molecule has 0 aromatic carbocycles. The molecule has 0 aliphatic carbocycles. The number of ether oxygens (including phenoxy) is 2. The van der Waals surface area contributed by atoms with Crippen molar-refractivity contribution in [3.8, 4) is 0 Å². The summed E-state index contributed by atoms with van der Waals surface area (Å²) in [6.45, 7) is -0.275. The van der Waals surface area contributed by atoms with Crippen LogP contribution < -0.4 is 0 Å². The molecular weight excluding hydrogens is 216 g/mol. The van der Waals surface area contributed by atoms with Crippen molar-refractivity contribution in [2.75, 3.05) is 19.0 Å². The van der Waals surface area contributed by atoms with E-state index in [0.29, 0.717) is 0 Å². The maximum absolute atomic E-state index is 10.9. The van der Waals surface area contributed by atoms with Crippen LogP contribution >= 0.6 is 25.3 Å². The summed E-state index contributed by atoms with van der Waals surface area (Å²) in [7, 11) is 0. The van der Waals surface area contributed by atoms with Crippen LogP contribution in [-0.2, 0) is 19.1 Å². The summed E-state index contributed by atoms with van der Waals surface area (Å²) in [4.78, 5) is 21.4. The van der Waals surface area contributed by atoms with E-state index in [2.05, 4.69) is 34.7 Å². The molecule has 1 N–H and O–H groups in total. The van der Waals surface area contributed by atoms with Gasteiger partial charge in [-0.05, 0) is 0 Å². The van der Waals surface area contributed by atoms with Crippen LogP contribution in [0, 0.1) is 0 Å². The van der Waals surface area contributed by atoms with Gasteiger partial charge in [0.05, 0.1) is 19.0 Å². The second-order valence-electron chi connectivity index (χ2n) is 1.90. The van der Waals surface area contributed by atoms with Gasteiger partial charge in [0.1, 0.15) is 0 Å². The summed E-state index contributed by atoms with van der Waals surface area (Å²) in [5.41, 5.74) is -1.16. The van der Waals surface area contributed by atoms with Gasteiger partial charge in [0.25, 0.3) is 0 Å². The molecule has 13 heavy (non-hydrogen) atoms. The smallest absolute Gasteiger partial charge is 0.353 e. The van der Waals surface area contributed by atoms with Gasteiger partial charge in [-0.15, -0.1) is 12.6 Å². The van der Waals surface area contributed by atoms with E-state index in [-0.39, 0.29) is 19.0 Å². The first-order valence-corrected chi connectivity index (χ1v) is 4.52. The van der Waals surface area contributed by atoms with E-state index in [1.165, 1.54) is 0 Å². The van der Waals surface area contributed by atoms with E-state index < -0.39 is 17.4 Å². The Kier molecular flexibility index (Phi) is 7.06. The summed E-state index contributed by atoms with van der Waals surface area (Å²) in [5, 5.41) is 8.33. The van der Waals surface area contributed by atoms with E-state index in [4.69, 9.17) is 5.11 Å². The Morgan fingerprint density at radius 1 is 1.46 bits per heavy atom. The number of rotatable bonds is 5. The maximum Gasteiger partial charge on any atom is 0.353 e. The molecule has 1 unspecified atom stereocenters. The number of hydrogen-bond acceptors (Lipinski definition) is 7. The number of carbonyl (C=O) groups is 2. The van der Waals surface area contributed by atoms with Crippen molar-refractivity contribution >= 4 is 37.2 Å². The fraction of sp³-hybridized carbons (Fsp3) is 0.667.